The molecule has 4 nitrogen and oxygen atoms in total. The van der Waals surface area contributed by atoms with Gasteiger partial charge in [0.25, 0.3) is 0 Å². The fraction of sp³-hybridized carbons (Fsp3) is 0.412. The Morgan fingerprint density at radius 2 is 2.05 bits per heavy atom. The number of hydrogen-bond donors (Lipinski definition) is 1. The highest BCUT2D eigenvalue weighted by Crippen LogP contribution is 2.18. The first-order valence-electron chi connectivity index (χ1n) is 7.55. The number of nitrogens with one attached hydrogen (secondary N) is 1. The monoisotopic (exact) mass is 281 g/mol. The van der Waals surface area contributed by atoms with E-state index in [1.165, 1.54) is 19.3 Å². The van der Waals surface area contributed by atoms with Crippen molar-refractivity contribution in [2.75, 3.05) is 19.6 Å². The molecule has 0 bridgehead atoms. The molecule has 0 aliphatic carbocycles. The van der Waals surface area contributed by atoms with Gasteiger partial charge in [0.1, 0.15) is 0 Å². The van der Waals surface area contributed by atoms with Gasteiger partial charge in [0.15, 0.2) is 5.78 Å². The van der Waals surface area contributed by atoms with Crippen LogP contribution in [0, 0.1) is 11.3 Å². The van der Waals surface area contributed by atoms with E-state index in [1.54, 1.807) is 6.07 Å². The second-order valence-electron chi connectivity index (χ2n) is 5.67. The zero-order valence-electron chi connectivity index (χ0n) is 12.1. The number of hydrogen-bond acceptors (Lipinski definition) is 3. The van der Waals surface area contributed by atoms with Gasteiger partial charge in [-0.05, 0) is 50.2 Å². The number of fused-ring (bicyclic) bond motifs is 1. The summed E-state index contributed by atoms with van der Waals surface area (Å²) in [6.45, 7) is 3.08. The van der Waals surface area contributed by atoms with Crippen molar-refractivity contribution in [1.29, 1.82) is 5.26 Å². The summed E-state index contributed by atoms with van der Waals surface area (Å²) >= 11 is 0. The minimum Gasteiger partial charge on any atom is -0.352 e. The van der Waals surface area contributed by atoms with Gasteiger partial charge < -0.3 is 9.88 Å². The molecule has 0 spiro atoms. The zero-order valence-corrected chi connectivity index (χ0v) is 12.1. The number of benzene rings is 1. The Balaban J connectivity index is 1.68. The number of carbonyl (C=O) groups is 1. The molecular weight excluding hydrogens is 262 g/mol. The summed E-state index contributed by atoms with van der Waals surface area (Å²) in [5, 5.41) is 9.84. The van der Waals surface area contributed by atoms with Crippen LogP contribution in [-0.2, 0) is 0 Å². The largest absolute Gasteiger partial charge is 0.352 e. The Bertz CT molecular complexity index is 690. The fourth-order valence-electron chi connectivity index (χ4n) is 2.93. The van der Waals surface area contributed by atoms with Gasteiger partial charge >= 0.3 is 0 Å². The van der Waals surface area contributed by atoms with Crippen LogP contribution in [0.5, 0.6) is 0 Å². The Hall–Kier alpha value is -2.12. The second kappa shape index (κ2) is 6.11. The standard InChI is InChI=1S/C17H19N3O/c18-12-13-4-5-15-14(10-13)11-16(19-15)17(21)6-9-20-7-2-1-3-8-20/h4-5,10-11,19H,1-3,6-9H2. The van der Waals surface area contributed by atoms with E-state index >= 15 is 0 Å². The minimum atomic E-state index is 0.148. The Kier molecular flexibility index (Phi) is 4.03. The number of aromatic amines is 1. The van der Waals surface area contributed by atoms with Crippen LogP contribution in [-0.4, -0.2) is 35.3 Å². The number of rotatable bonds is 4. The van der Waals surface area contributed by atoms with E-state index in [-0.39, 0.29) is 5.78 Å². The van der Waals surface area contributed by atoms with Crippen LogP contribution >= 0.6 is 0 Å². The summed E-state index contributed by atoms with van der Waals surface area (Å²) in [4.78, 5) is 17.8. The predicted octanol–water partition coefficient (Wildman–Crippen LogP) is 3.10. The van der Waals surface area contributed by atoms with Gasteiger partial charge in [0.2, 0.25) is 0 Å². The summed E-state index contributed by atoms with van der Waals surface area (Å²) < 4.78 is 0. The predicted molar refractivity (Wildman–Crippen MR) is 82.3 cm³/mol. The number of likely N-dealkylation sites (tertiary alicyclic amines) is 1. The maximum Gasteiger partial charge on any atom is 0.180 e. The normalized spacial score (nSPS) is 16.0. The number of ketones is 1. The lowest BCUT2D eigenvalue weighted by molar-refractivity contribution is 0.0954. The molecule has 0 amide bonds. The van der Waals surface area contributed by atoms with E-state index in [0.29, 0.717) is 17.7 Å². The lowest BCUT2D eigenvalue weighted by atomic mass is 10.1. The molecule has 0 saturated carbocycles. The van der Waals surface area contributed by atoms with Crippen LogP contribution in [0.3, 0.4) is 0 Å². The molecule has 1 aliphatic rings. The molecule has 2 aromatic rings. The second-order valence-corrected chi connectivity index (χ2v) is 5.67. The van der Waals surface area contributed by atoms with Crippen molar-refractivity contribution in [2.45, 2.75) is 25.7 Å². The molecular formula is C17H19N3O. The number of aromatic nitrogens is 1. The van der Waals surface area contributed by atoms with Crippen molar-refractivity contribution in [3.05, 3.63) is 35.5 Å². The third kappa shape index (κ3) is 3.14. The van der Waals surface area contributed by atoms with Crippen LogP contribution in [0.2, 0.25) is 0 Å². The molecule has 1 fully saturated rings. The van der Waals surface area contributed by atoms with Gasteiger partial charge in [-0.1, -0.05) is 6.42 Å². The van der Waals surface area contributed by atoms with Gasteiger partial charge in [0, 0.05) is 23.9 Å². The van der Waals surface area contributed by atoms with Crippen molar-refractivity contribution < 1.29 is 4.79 Å². The molecule has 1 aromatic heterocycles. The summed E-state index contributed by atoms with van der Waals surface area (Å²) in [6, 6.07) is 9.41. The number of H-pyrrole nitrogens is 1. The van der Waals surface area contributed by atoms with E-state index < -0.39 is 0 Å². The number of nitrogens with zero attached hydrogens (tertiary/aromatic N) is 2. The Labute approximate surface area is 124 Å². The van der Waals surface area contributed by atoms with Crippen molar-refractivity contribution in [2.24, 2.45) is 0 Å². The molecule has 1 aliphatic heterocycles. The summed E-state index contributed by atoms with van der Waals surface area (Å²) in [5.41, 5.74) is 2.18. The SMILES string of the molecule is N#Cc1ccc2[nH]c(C(=O)CCN3CCCCC3)cc2c1. The molecule has 1 saturated heterocycles. The summed E-state index contributed by atoms with van der Waals surface area (Å²) in [5.74, 6) is 0.148. The number of Topliss-reactive ketones (excluding diaryl/α,β-unsaturated/α-hetero) is 1. The number of nitriles is 1. The van der Waals surface area contributed by atoms with E-state index in [1.807, 2.05) is 18.2 Å². The Morgan fingerprint density at radius 3 is 2.81 bits per heavy atom. The summed E-state index contributed by atoms with van der Waals surface area (Å²) in [7, 11) is 0. The molecule has 0 unspecified atom stereocenters. The minimum absolute atomic E-state index is 0.148. The van der Waals surface area contributed by atoms with Gasteiger partial charge in [-0.2, -0.15) is 5.26 Å². The highest BCUT2D eigenvalue weighted by Gasteiger charge is 2.14. The maximum atomic E-state index is 12.3. The average Bonchev–Trinajstić information content (AvgIpc) is 2.96. The van der Waals surface area contributed by atoms with Crippen molar-refractivity contribution >= 4 is 16.7 Å². The molecule has 21 heavy (non-hydrogen) atoms. The van der Waals surface area contributed by atoms with Gasteiger partial charge in [-0.25, -0.2) is 0 Å². The average molecular weight is 281 g/mol. The molecule has 4 heteroatoms. The van der Waals surface area contributed by atoms with Gasteiger partial charge in [-0.3, -0.25) is 4.79 Å². The van der Waals surface area contributed by atoms with Crippen molar-refractivity contribution in [3.8, 4) is 6.07 Å². The number of carbonyl (C=O) groups excluding carboxylic acids is 1. The Morgan fingerprint density at radius 1 is 1.24 bits per heavy atom. The molecule has 2 heterocycles. The first-order chi connectivity index (χ1) is 10.3. The number of piperidine rings is 1. The topological polar surface area (TPSA) is 59.9 Å². The zero-order chi connectivity index (χ0) is 14.7. The molecule has 108 valence electrons. The van der Waals surface area contributed by atoms with E-state index in [9.17, 15) is 4.79 Å². The van der Waals surface area contributed by atoms with Crippen LogP contribution in [0.25, 0.3) is 10.9 Å². The van der Waals surface area contributed by atoms with Gasteiger partial charge in [-0.15, -0.1) is 0 Å². The quantitative estimate of drug-likeness (QED) is 0.876. The lowest BCUT2D eigenvalue weighted by Gasteiger charge is -2.25. The molecule has 1 N–H and O–H groups in total. The van der Waals surface area contributed by atoms with Crippen molar-refractivity contribution in [3.63, 3.8) is 0 Å². The maximum absolute atomic E-state index is 12.3. The molecule has 3 rings (SSSR count). The van der Waals surface area contributed by atoms with E-state index in [4.69, 9.17) is 5.26 Å². The highest BCUT2D eigenvalue weighted by atomic mass is 16.1. The van der Waals surface area contributed by atoms with E-state index in [0.717, 1.165) is 30.5 Å². The highest BCUT2D eigenvalue weighted by molar-refractivity contribution is 5.99. The third-order valence-corrected chi connectivity index (χ3v) is 4.15. The first kappa shape index (κ1) is 13.8. The summed E-state index contributed by atoms with van der Waals surface area (Å²) in [6.07, 6.45) is 4.36. The fourth-order valence-corrected chi connectivity index (χ4v) is 2.93. The molecule has 1 aromatic carbocycles. The van der Waals surface area contributed by atoms with E-state index in [2.05, 4.69) is 16.0 Å². The van der Waals surface area contributed by atoms with Crippen LogP contribution in [0.1, 0.15) is 41.7 Å². The van der Waals surface area contributed by atoms with Crippen LogP contribution < -0.4 is 0 Å². The van der Waals surface area contributed by atoms with Gasteiger partial charge in [0.05, 0.1) is 17.3 Å². The third-order valence-electron chi connectivity index (χ3n) is 4.15. The van der Waals surface area contributed by atoms with Crippen LogP contribution in [0.4, 0.5) is 0 Å². The van der Waals surface area contributed by atoms with Crippen molar-refractivity contribution in [1.82, 2.24) is 9.88 Å². The lowest BCUT2D eigenvalue weighted by Crippen LogP contribution is -2.31. The smallest absolute Gasteiger partial charge is 0.180 e. The van der Waals surface area contributed by atoms with Crippen LogP contribution in [0.15, 0.2) is 24.3 Å². The first-order valence-corrected chi connectivity index (χ1v) is 7.55. The molecule has 0 atom stereocenters. The molecule has 0 radical (unpaired) electrons.